The van der Waals surface area contributed by atoms with Gasteiger partial charge >= 0.3 is 12.0 Å². The molecule has 9 nitrogen and oxygen atoms in total. The molecule has 190 valence electrons. The summed E-state index contributed by atoms with van der Waals surface area (Å²) in [6, 6.07) is 20.6. The normalized spacial score (nSPS) is 15.0. The van der Waals surface area contributed by atoms with Crippen LogP contribution >= 0.6 is 0 Å². The minimum absolute atomic E-state index is 0.143. The highest BCUT2D eigenvalue weighted by Gasteiger charge is 2.46. The van der Waals surface area contributed by atoms with Crippen LogP contribution in [-0.2, 0) is 20.9 Å². The van der Waals surface area contributed by atoms with E-state index in [2.05, 4.69) is 5.32 Å². The largest absolute Gasteiger partial charge is 0.497 e. The zero-order valence-electron chi connectivity index (χ0n) is 20.5. The number of carbonyl (C=O) groups is 4. The molecule has 1 aliphatic rings. The molecule has 1 fully saturated rings. The molecule has 4 rings (SSSR count). The Balaban J connectivity index is 1.53. The number of nitrogens with zero attached hydrogens (tertiary/aromatic N) is 2. The summed E-state index contributed by atoms with van der Waals surface area (Å²) in [5, 5.41) is 2.74. The third kappa shape index (κ3) is 5.78. The van der Waals surface area contributed by atoms with Gasteiger partial charge in [-0.1, -0.05) is 30.3 Å². The fraction of sp³-hybridized carbons (Fsp3) is 0.214. The number of imide groups is 1. The van der Waals surface area contributed by atoms with E-state index in [1.165, 1.54) is 4.90 Å². The predicted octanol–water partition coefficient (Wildman–Crippen LogP) is 4.24. The smallest absolute Gasteiger partial charge is 0.338 e. The zero-order valence-corrected chi connectivity index (χ0v) is 20.5. The van der Waals surface area contributed by atoms with Gasteiger partial charge in [0.1, 0.15) is 11.8 Å². The van der Waals surface area contributed by atoms with Crippen LogP contribution < -0.4 is 15.0 Å². The molecule has 1 atom stereocenters. The molecule has 0 spiro atoms. The van der Waals surface area contributed by atoms with Gasteiger partial charge in [0, 0.05) is 12.2 Å². The first-order valence-electron chi connectivity index (χ1n) is 11.8. The Kier molecular flexibility index (Phi) is 7.83. The first-order chi connectivity index (χ1) is 17.9. The molecule has 0 aromatic heterocycles. The van der Waals surface area contributed by atoms with Gasteiger partial charge in [-0.2, -0.15) is 0 Å². The summed E-state index contributed by atoms with van der Waals surface area (Å²) >= 11 is 0. The van der Waals surface area contributed by atoms with E-state index >= 15 is 0 Å². The summed E-state index contributed by atoms with van der Waals surface area (Å²) in [6.45, 7) is 2.13. The molecule has 9 heteroatoms. The lowest BCUT2D eigenvalue weighted by Gasteiger charge is -2.22. The van der Waals surface area contributed by atoms with Gasteiger partial charge in [0.2, 0.25) is 5.91 Å². The third-order valence-electron chi connectivity index (χ3n) is 5.90. The second-order valence-corrected chi connectivity index (χ2v) is 8.33. The van der Waals surface area contributed by atoms with Gasteiger partial charge in [-0.3, -0.25) is 9.59 Å². The topological polar surface area (TPSA) is 105 Å². The van der Waals surface area contributed by atoms with Crippen LogP contribution in [0.15, 0.2) is 78.9 Å². The van der Waals surface area contributed by atoms with Crippen LogP contribution in [0.4, 0.5) is 16.2 Å². The second-order valence-electron chi connectivity index (χ2n) is 8.33. The standard InChI is InChI=1S/C28H27N3O6/c1-3-37-27(34)20-11-13-21(14-12-20)29-25(32)17-24-26(33)31(22-7-5-4-6-8-22)28(35)30(24)18-19-9-15-23(36-2)16-10-19/h4-16,24H,3,17-18H2,1-2H3,(H,29,32). The van der Waals surface area contributed by atoms with E-state index in [1.54, 1.807) is 80.8 Å². The van der Waals surface area contributed by atoms with Gasteiger partial charge in [-0.05, 0) is 61.0 Å². The molecule has 3 aromatic carbocycles. The number of benzene rings is 3. The van der Waals surface area contributed by atoms with Crippen molar-refractivity contribution in [3.05, 3.63) is 90.0 Å². The maximum Gasteiger partial charge on any atom is 0.338 e. The molecule has 0 radical (unpaired) electrons. The lowest BCUT2D eigenvalue weighted by Crippen LogP contribution is -2.37. The Hall–Kier alpha value is -4.66. The average molecular weight is 502 g/mol. The fourth-order valence-corrected chi connectivity index (χ4v) is 4.05. The molecule has 3 aromatic rings. The minimum Gasteiger partial charge on any atom is -0.497 e. The summed E-state index contributed by atoms with van der Waals surface area (Å²) in [5.41, 5.74) is 2.04. The lowest BCUT2D eigenvalue weighted by molar-refractivity contribution is -0.124. The molecule has 37 heavy (non-hydrogen) atoms. The Morgan fingerprint density at radius 3 is 2.22 bits per heavy atom. The van der Waals surface area contributed by atoms with Crippen molar-refractivity contribution in [2.45, 2.75) is 25.9 Å². The predicted molar refractivity (Wildman–Crippen MR) is 137 cm³/mol. The highest BCUT2D eigenvalue weighted by Crippen LogP contribution is 2.29. The van der Waals surface area contributed by atoms with Gasteiger partial charge in [-0.25, -0.2) is 14.5 Å². The average Bonchev–Trinajstić information content (AvgIpc) is 3.14. The zero-order chi connectivity index (χ0) is 26.4. The number of para-hydroxylation sites is 1. The van der Waals surface area contributed by atoms with E-state index in [0.29, 0.717) is 22.7 Å². The molecule has 4 amide bonds. The number of rotatable bonds is 9. The number of amides is 4. The minimum atomic E-state index is -0.992. The molecule has 1 unspecified atom stereocenters. The number of methoxy groups -OCH3 is 1. The number of hydrogen-bond acceptors (Lipinski definition) is 6. The van der Waals surface area contributed by atoms with Crippen LogP contribution in [0.5, 0.6) is 5.75 Å². The van der Waals surface area contributed by atoms with Gasteiger partial charge in [0.25, 0.3) is 5.91 Å². The van der Waals surface area contributed by atoms with E-state index in [9.17, 15) is 19.2 Å². The molecule has 1 N–H and O–H groups in total. The van der Waals surface area contributed by atoms with E-state index in [1.807, 2.05) is 12.1 Å². The SMILES string of the molecule is CCOC(=O)c1ccc(NC(=O)CC2C(=O)N(c3ccccc3)C(=O)N2Cc2ccc(OC)cc2)cc1. The molecule has 0 bridgehead atoms. The summed E-state index contributed by atoms with van der Waals surface area (Å²) < 4.78 is 10.2. The number of carbonyl (C=O) groups excluding carboxylic acids is 4. The molecule has 0 saturated carbocycles. The summed E-state index contributed by atoms with van der Waals surface area (Å²) in [6.07, 6.45) is -0.232. The van der Waals surface area contributed by atoms with Crippen LogP contribution in [0, 0.1) is 0 Å². The van der Waals surface area contributed by atoms with Crippen molar-refractivity contribution in [3.63, 3.8) is 0 Å². The van der Waals surface area contributed by atoms with Crippen LogP contribution in [0.3, 0.4) is 0 Å². The van der Waals surface area contributed by atoms with Crippen LogP contribution in [0.2, 0.25) is 0 Å². The number of ether oxygens (including phenoxy) is 2. The molecular weight excluding hydrogens is 474 g/mol. The maximum atomic E-state index is 13.4. The van der Waals surface area contributed by atoms with Crippen molar-refractivity contribution in [1.82, 2.24) is 4.90 Å². The number of anilines is 2. The Labute approximate surface area is 214 Å². The number of hydrogen-bond donors (Lipinski definition) is 1. The highest BCUT2D eigenvalue weighted by atomic mass is 16.5. The van der Waals surface area contributed by atoms with Crippen molar-refractivity contribution in [3.8, 4) is 5.75 Å². The summed E-state index contributed by atoms with van der Waals surface area (Å²) in [5.74, 6) is -0.698. The highest BCUT2D eigenvalue weighted by molar-refractivity contribution is 6.22. The third-order valence-corrected chi connectivity index (χ3v) is 5.90. The van der Waals surface area contributed by atoms with E-state index in [-0.39, 0.29) is 19.6 Å². The van der Waals surface area contributed by atoms with Crippen LogP contribution in [-0.4, -0.2) is 48.5 Å². The molecular formula is C28H27N3O6. The van der Waals surface area contributed by atoms with Crippen molar-refractivity contribution in [2.24, 2.45) is 0 Å². The number of urea groups is 1. The fourth-order valence-electron chi connectivity index (χ4n) is 4.05. The monoisotopic (exact) mass is 501 g/mol. The molecule has 1 aliphatic heterocycles. The maximum absolute atomic E-state index is 13.4. The van der Waals surface area contributed by atoms with Gasteiger partial charge < -0.3 is 19.7 Å². The van der Waals surface area contributed by atoms with E-state index in [4.69, 9.17) is 9.47 Å². The molecule has 0 aliphatic carbocycles. The summed E-state index contributed by atoms with van der Waals surface area (Å²) in [4.78, 5) is 54.1. The van der Waals surface area contributed by atoms with Crippen molar-refractivity contribution in [1.29, 1.82) is 0 Å². The lowest BCUT2D eigenvalue weighted by atomic mass is 10.1. The Bertz CT molecular complexity index is 1280. The second kappa shape index (κ2) is 11.4. The first kappa shape index (κ1) is 25.4. The van der Waals surface area contributed by atoms with Gasteiger partial charge in [-0.15, -0.1) is 0 Å². The van der Waals surface area contributed by atoms with Crippen molar-refractivity contribution < 1.29 is 28.7 Å². The van der Waals surface area contributed by atoms with E-state index in [0.717, 1.165) is 10.5 Å². The van der Waals surface area contributed by atoms with E-state index < -0.39 is 29.9 Å². The first-order valence-corrected chi connectivity index (χ1v) is 11.8. The number of nitrogens with one attached hydrogen (secondary N) is 1. The summed E-state index contributed by atoms with van der Waals surface area (Å²) in [7, 11) is 1.56. The Morgan fingerprint density at radius 1 is 0.919 bits per heavy atom. The van der Waals surface area contributed by atoms with Gasteiger partial charge in [0.15, 0.2) is 0 Å². The van der Waals surface area contributed by atoms with Crippen LogP contribution in [0.1, 0.15) is 29.3 Å². The molecule has 1 saturated heterocycles. The van der Waals surface area contributed by atoms with Crippen molar-refractivity contribution in [2.75, 3.05) is 23.9 Å². The molecule has 1 heterocycles. The van der Waals surface area contributed by atoms with Crippen molar-refractivity contribution >= 4 is 35.2 Å². The van der Waals surface area contributed by atoms with Crippen LogP contribution in [0.25, 0.3) is 0 Å². The quantitative estimate of drug-likeness (QED) is 0.347. The Morgan fingerprint density at radius 2 is 1.59 bits per heavy atom. The number of esters is 1. The van der Waals surface area contributed by atoms with Gasteiger partial charge in [0.05, 0.1) is 31.4 Å².